The Kier molecular flexibility index (Phi) is 3.26. The Morgan fingerprint density at radius 3 is 1.89 bits per heavy atom. The predicted molar refractivity (Wildman–Crippen MR) is 48.8 cm³/mol. The molecule has 0 atom stereocenters. The van der Waals surface area contributed by atoms with E-state index in [4.69, 9.17) is 5.11 Å². The van der Waals surface area contributed by atoms with Crippen molar-refractivity contribution in [2.24, 2.45) is 0 Å². The summed E-state index contributed by atoms with van der Waals surface area (Å²) in [5.41, 5.74) is 6.90. The van der Waals surface area contributed by atoms with Crippen molar-refractivity contribution in [2.45, 2.75) is 28.8 Å². The van der Waals surface area contributed by atoms with Gasteiger partial charge < -0.3 is 0 Å². The van der Waals surface area contributed by atoms with Crippen molar-refractivity contribution in [1.82, 2.24) is 0 Å². The van der Waals surface area contributed by atoms with Gasteiger partial charge in [-0.25, -0.2) is 0 Å². The zero-order valence-corrected chi connectivity index (χ0v) is 9.86. The van der Waals surface area contributed by atoms with Gasteiger partial charge in [0.05, 0.1) is 0 Å². The molecule has 0 radical (unpaired) electrons. The van der Waals surface area contributed by atoms with Gasteiger partial charge in [-0.3, -0.25) is 0 Å². The van der Waals surface area contributed by atoms with Crippen LogP contribution in [0.3, 0.4) is 0 Å². The van der Waals surface area contributed by atoms with Gasteiger partial charge in [0, 0.05) is 0 Å². The summed E-state index contributed by atoms with van der Waals surface area (Å²) in [6.45, 7) is 0.331. The summed E-state index contributed by atoms with van der Waals surface area (Å²) in [5.74, 6) is 0. The van der Waals surface area contributed by atoms with Crippen LogP contribution in [0.1, 0.15) is 6.42 Å². The number of hydrogen-bond acceptors (Lipinski definition) is 1. The predicted octanol–water partition coefficient (Wildman–Crippen LogP) is 2.55. The fourth-order valence-corrected chi connectivity index (χ4v) is 4.45. The Morgan fingerprint density at radius 2 is 1.78 bits per heavy atom. The molecule has 1 nitrogen and oxygen atoms in total. The van der Waals surface area contributed by atoms with Crippen LogP contribution >= 0.6 is 13.9 Å². The van der Waals surface area contributed by atoms with Crippen molar-refractivity contribution in [3.05, 3.63) is 0 Å². The molecule has 0 aromatic carbocycles. The average molecular weight is 259 g/mol. The minimum atomic E-state index is -1.95. The molecule has 0 aromatic heterocycles. The third kappa shape index (κ3) is 9.00. The Hall–Kier alpha value is 0.998. The van der Waals surface area contributed by atoms with E-state index >= 15 is 0 Å². The Morgan fingerprint density at radius 1 is 1.33 bits per heavy atom. The summed E-state index contributed by atoms with van der Waals surface area (Å²) in [6.07, 6.45) is 0.945. The second kappa shape index (κ2) is 2.94. The topological polar surface area (TPSA) is 20.2 Å². The van der Waals surface area contributed by atoms with E-state index in [2.05, 4.69) is 31.1 Å². The van der Waals surface area contributed by atoms with E-state index in [-0.39, 0.29) is 0 Å². The quantitative estimate of drug-likeness (QED) is 0.772. The van der Waals surface area contributed by atoms with E-state index < -0.39 is 10.6 Å². The van der Waals surface area contributed by atoms with Crippen LogP contribution in [0, 0.1) is 0 Å². The van der Waals surface area contributed by atoms with Gasteiger partial charge in [-0.05, 0) is 0 Å². The Bertz CT molecular complexity index is 85.7. The zero-order valence-electron chi connectivity index (χ0n) is 6.39. The number of aliphatic hydroxyl groups is 1. The Balaban J connectivity index is 3.60. The van der Waals surface area contributed by atoms with E-state index in [1.807, 2.05) is 0 Å². The molecule has 0 aromatic rings. The van der Waals surface area contributed by atoms with Gasteiger partial charge in [0.2, 0.25) is 0 Å². The molecule has 1 N–H and O–H groups in total. The van der Waals surface area contributed by atoms with Crippen molar-refractivity contribution in [1.29, 1.82) is 0 Å². The van der Waals surface area contributed by atoms with E-state index in [9.17, 15) is 0 Å². The molecule has 0 rings (SSSR count). The number of rotatable bonds is 3. The van der Waals surface area contributed by atoms with Crippen LogP contribution in [0.5, 0.6) is 0 Å². The summed E-state index contributed by atoms with van der Waals surface area (Å²) < 4.78 is 0. The van der Waals surface area contributed by atoms with Crippen LogP contribution in [0.15, 0.2) is 0 Å². The molecule has 0 saturated carbocycles. The molecule has 9 heavy (non-hydrogen) atoms. The average Bonchev–Trinajstić information content (AvgIpc) is 1.57. The van der Waals surface area contributed by atoms with Crippen LogP contribution in [-0.2, 0) is 0 Å². The molecule has 0 fully saturated rings. The van der Waals surface area contributed by atoms with Gasteiger partial charge in [0.1, 0.15) is 0 Å². The van der Waals surface area contributed by atoms with Crippen LogP contribution in [0.25, 0.3) is 0 Å². The van der Waals surface area contributed by atoms with Crippen LogP contribution in [-0.4, -0.2) is 22.3 Å². The van der Waals surface area contributed by atoms with Gasteiger partial charge in [-0.2, -0.15) is 0 Å². The van der Waals surface area contributed by atoms with E-state index in [0.29, 0.717) is 6.61 Å². The molecule has 0 heterocycles. The maximum atomic E-state index is 8.55. The third-order valence-electron chi connectivity index (χ3n) is 1.07. The normalized spacial score (nSPS) is 16.8. The van der Waals surface area contributed by atoms with Gasteiger partial charge in [0.25, 0.3) is 0 Å². The summed E-state index contributed by atoms with van der Waals surface area (Å²) in [4.78, 5) is 0. The molecule has 0 spiro atoms. The standard InChI is InChI=1S/C6H16AsBrO/c1-7(2,3,8)5-4-6-9/h9H,4-6H2,1-3H3. The summed E-state index contributed by atoms with van der Waals surface area (Å²) in [7, 11) is -1.95. The summed E-state index contributed by atoms with van der Waals surface area (Å²) in [5, 5.41) is 9.73. The first kappa shape index (κ1) is 10.00. The first-order chi connectivity index (χ1) is 3.81. The van der Waals surface area contributed by atoms with Crippen LogP contribution in [0.4, 0.5) is 0 Å². The first-order valence-corrected chi connectivity index (χ1v) is 14.5. The second-order valence-electron chi connectivity index (χ2n) is 3.72. The van der Waals surface area contributed by atoms with E-state index in [0.717, 1.165) is 6.42 Å². The fourth-order valence-electron chi connectivity index (χ4n) is 0.605. The Labute approximate surface area is 65.0 Å². The van der Waals surface area contributed by atoms with Crippen molar-refractivity contribution >= 4 is 24.5 Å². The zero-order chi connectivity index (χ0) is 7.57. The van der Waals surface area contributed by atoms with Crippen molar-refractivity contribution in [3.63, 3.8) is 0 Å². The van der Waals surface area contributed by atoms with E-state index in [1.165, 1.54) is 5.21 Å². The third-order valence-corrected chi connectivity index (χ3v) is 6.75. The minimum absolute atomic E-state index is 0.331. The second-order valence-corrected chi connectivity index (χ2v) is 30.6. The van der Waals surface area contributed by atoms with Crippen molar-refractivity contribution in [2.75, 3.05) is 6.61 Å². The summed E-state index contributed by atoms with van der Waals surface area (Å²) in [6, 6.07) is 0. The van der Waals surface area contributed by atoms with Gasteiger partial charge in [0.15, 0.2) is 0 Å². The molecule has 3 heteroatoms. The number of aliphatic hydroxyl groups excluding tert-OH is 1. The maximum absolute atomic E-state index is 8.55. The number of hydrogen-bond donors (Lipinski definition) is 1. The molecule has 0 aliphatic rings. The molecule has 0 saturated heterocycles. The molecule has 0 aliphatic carbocycles. The molecule has 0 amide bonds. The fraction of sp³-hybridized carbons (Fsp3) is 1.00. The first-order valence-electron chi connectivity index (χ1n) is 3.14. The van der Waals surface area contributed by atoms with Gasteiger partial charge in [-0.15, -0.1) is 0 Å². The molecule has 0 unspecified atom stereocenters. The monoisotopic (exact) mass is 258 g/mol. The SMILES string of the molecule is C[As](C)(C)(Br)CCCO. The molecule has 0 aliphatic heterocycles. The van der Waals surface area contributed by atoms with Crippen LogP contribution in [0.2, 0.25) is 22.3 Å². The van der Waals surface area contributed by atoms with Crippen molar-refractivity contribution in [3.8, 4) is 0 Å². The van der Waals surface area contributed by atoms with Crippen molar-refractivity contribution < 1.29 is 5.11 Å². The van der Waals surface area contributed by atoms with Crippen LogP contribution < -0.4 is 0 Å². The van der Waals surface area contributed by atoms with Gasteiger partial charge >= 0.3 is 65.0 Å². The summed E-state index contributed by atoms with van der Waals surface area (Å²) >= 11 is 3.75. The van der Waals surface area contributed by atoms with E-state index in [1.54, 1.807) is 0 Å². The number of halogens is 1. The molecule has 58 valence electrons. The molecule has 0 bridgehead atoms. The molecular weight excluding hydrogens is 243 g/mol. The molecular formula is C6H16AsBrO. The van der Waals surface area contributed by atoms with Gasteiger partial charge in [-0.1, -0.05) is 0 Å².